The summed E-state index contributed by atoms with van der Waals surface area (Å²) in [5.41, 5.74) is 0. The molecule has 2 rings (SSSR count). The van der Waals surface area contributed by atoms with Crippen LogP contribution in [0.4, 0.5) is 0 Å². The molecule has 0 amide bonds. The predicted octanol–water partition coefficient (Wildman–Crippen LogP) is 2.18. The van der Waals surface area contributed by atoms with Gasteiger partial charge in [-0.15, -0.1) is 11.3 Å². The molecular weight excluding hydrogens is 204 g/mol. The maximum atomic E-state index is 3.68. The quantitative estimate of drug-likeness (QED) is 0.846. The van der Waals surface area contributed by atoms with Gasteiger partial charge in [0.25, 0.3) is 0 Å². The summed E-state index contributed by atoms with van der Waals surface area (Å²) in [6, 6.07) is 5.03. The maximum absolute atomic E-state index is 3.68. The third-order valence-corrected chi connectivity index (χ3v) is 4.10. The van der Waals surface area contributed by atoms with Crippen LogP contribution in [-0.2, 0) is 6.54 Å². The first-order valence-corrected chi connectivity index (χ1v) is 6.58. The Balaban J connectivity index is 1.79. The topological polar surface area (TPSA) is 15.3 Å². The van der Waals surface area contributed by atoms with Crippen LogP contribution in [0.25, 0.3) is 0 Å². The van der Waals surface area contributed by atoms with Crippen LogP contribution in [0.1, 0.15) is 18.2 Å². The van der Waals surface area contributed by atoms with Gasteiger partial charge in [0.1, 0.15) is 0 Å². The van der Waals surface area contributed by atoms with Gasteiger partial charge >= 0.3 is 0 Å². The highest BCUT2D eigenvalue weighted by atomic mass is 32.1. The van der Waals surface area contributed by atoms with Crippen molar-refractivity contribution in [2.24, 2.45) is 5.92 Å². The van der Waals surface area contributed by atoms with Crippen molar-refractivity contribution in [2.45, 2.75) is 25.9 Å². The normalized spacial score (nSPS) is 28.1. The molecule has 2 unspecified atom stereocenters. The Kier molecular flexibility index (Phi) is 3.78. The van der Waals surface area contributed by atoms with Gasteiger partial charge in [0.2, 0.25) is 0 Å². The maximum Gasteiger partial charge on any atom is 0.0302 e. The second-order valence-electron chi connectivity index (χ2n) is 4.59. The van der Waals surface area contributed by atoms with E-state index in [0.29, 0.717) is 6.04 Å². The van der Waals surface area contributed by atoms with Crippen molar-refractivity contribution in [3.05, 3.63) is 22.4 Å². The lowest BCUT2D eigenvalue weighted by Crippen LogP contribution is -2.46. The third kappa shape index (κ3) is 3.03. The van der Waals surface area contributed by atoms with Gasteiger partial charge in [-0.1, -0.05) is 13.0 Å². The molecular formula is C12H20N2S. The van der Waals surface area contributed by atoms with Gasteiger partial charge < -0.3 is 10.2 Å². The van der Waals surface area contributed by atoms with E-state index in [9.17, 15) is 0 Å². The van der Waals surface area contributed by atoms with E-state index in [1.807, 2.05) is 11.3 Å². The number of hydrogen-bond donors (Lipinski definition) is 1. The van der Waals surface area contributed by atoms with Crippen molar-refractivity contribution in [2.75, 3.05) is 20.1 Å². The van der Waals surface area contributed by atoms with Crippen molar-refractivity contribution >= 4 is 11.3 Å². The molecule has 2 atom stereocenters. The van der Waals surface area contributed by atoms with Crippen LogP contribution in [0.15, 0.2) is 17.5 Å². The molecule has 1 saturated heterocycles. The minimum absolute atomic E-state index is 0.697. The highest BCUT2D eigenvalue weighted by molar-refractivity contribution is 7.09. The molecule has 0 saturated carbocycles. The fourth-order valence-corrected chi connectivity index (χ4v) is 2.96. The van der Waals surface area contributed by atoms with E-state index < -0.39 is 0 Å². The Morgan fingerprint density at radius 3 is 3.13 bits per heavy atom. The molecule has 84 valence electrons. The van der Waals surface area contributed by atoms with Crippen molar-refractivity contribution in [1.29, 1.82) is 0 Å². The molecule has 1 aromatic rings. The molecule has 2 heterocycles. The Morgan fingerprint density at radius 1 is 1.60 bits per heavy atom. The number of thiophene rings is 1. The molecule has 1 N–H and O–H groups in total. The zero-order valence-electron chi connectivity index (χ0n) is 9.57. The first-order chi connectivity index (χ1) is 7.25. The summed E-state index contributed by atoms with van der Waals surface area (Å²) in [7, 11) is 2.21. The minimum atomic E-state index is 0.697. The second-order valence-corrected chi connectivity index (χ2v) is 5.63. The van der Waals surface area contributed by atoms with E-state index in [4.69, 9.17) is 0 Å². The van der Waals surface area contributed by atoms with Crippen molar-refractivity contribution in [3.63, 3.8) is 0 Å². The molecule has 1 aliphatic heterocycles. The summed E-state index contributed by atoms with van der Waals surface area (Å²) >= 11 is 1.84. The Morgan fingerprint density at radius 2 is 2.47 bits per heavy atom. The standard InChI is InChI=1S/C12H20N2S/c1-10-9-14(2)6-5-12(10)13-8-11-4-3-7-15-11/h3-4,7,10,12-13H,5-6,8-9H2,1-2H3. The average Bonchev–Trinajstić information content (AvgIpc) is 2.69. The molecule has 0 bridgehead atoms. The molecule has 0 aliphatic carbocycles. The largest absolute Gasteiger partial charge is 0.309 e. The Hall–Kier alpha value is -0.380. The summed E-state index contributed by atoms with van der Waals surface area (Å²) in [5.74, 6) is 0.767. The number of nitrogens with zero attached hydrogens (tertiary/aromatic N) is 1. The van der Waals surface area contributed by atoms with Crippen LogP contribution in [0.5, 0.6) is 0 Å². The van der Waals surface area contributed by atoms with Gasteiger partial charge in [-0.3, -0.25) is 0 Å². The van der Waals surface area contributed by atoms with Crippen LogP contribution < -0.4 is 5.32 Å². The lowest BCUT2D eigenvalue weighted by Gasteiger charge is -2.35. The summed E-state index contributed by atoms with van der Waals surface area (Å²) in [4.78, 5) is 3.87. The smallest absolute Gasteiger partial charge is 0.0302 e. The molecule has 15 heavy (non-hydrogen) atoms. The monoisotopic (exact) mass is 224 g/mol. The van der Waals surface area contributed by atoms with Crippen molar-refractivity contribution < 1.29 is 0 Å². The molecule has 3 heteroatoms. The van der Waals surface area contributed by atoms with Crippen molar-refractivity contribution in [1.82, 2.24) is 10.2 Å². The first-order valence-electron chi connectivity index (χ1n) is 5.70. The summed E-state index contributed by atoms with van der Waals surface area (Å²) in [6.07, 6.45) is 1.28. The predicted molar refractivity (Wildman–Crippen MR) is 66.2 cm³/mol. The SMILES string of the molecule is CC1CN(C)CCC1NCc1cccs1. The number of likely N-dealkylation sites (tertiary alicyclic amines) is 1. The molecule has 1 fully saturated rings. The molecule has 0 aromatic carbocycles. The molecule has 0 spiro atoms. The van der Waals surface area contributed by atoms with E-state index in [2.05, 4.69) is 41.7 Å². The van der Waals surface area contributed by atoms with Gasteiger partial charge in [0.05, 0.1) is 0 Å². The summed E-state index contributed by atoms with van der Waals surface area (Å²) in [6.45, 7) is 5.84. The third-order valence-electron chi connectivity index (χ3n) is 3.23. The van der Waals surface area contributed by atoms with Gasteiger partial charge in [0.15, 0.2) is 0 Å². The van der Waals surface area contributed by atoms with Crippen molar-refractivity contribution in [3.8, 4) is 0 Å². The highest BCUT2D eigenvalue weighted by Gasteiger charge is 2.23. The lowest BCUT2D eigenvalue weighted by atomic mass is 9.94. The van der Waals surface area contributed by atoms with E-state index >= 15 is 0 Å². The van der Waals surface area contributed by atoms with Crippen LogP contribution in [0.3, 0.4) is 0 Å². The summed E-state index contributed by atoms with van der Waals surface area (Å²) in [5, 5.41) is 5.83. The number of rotatable bonds is 3. The minimum Gasteiger partial charge on any atom is -0.309 e. The molecule has 1 aromatic heterocycles. The van der Waals surface area contributed by atoms with Crippen LogP contribution >= 0.6 is 11.3 Å². The van der Waals surface area contributed by atoms with Crippen LogP contribution in [0.2, 0.25) is 0 Å². The molecule has 1 aliphatic rings. The van der Waals surface area contributed by atoms with E-state index in [0.717, 1.165) is 12.5 Å². The summed E-state index contributed by atoms with van der Waals surface area (Å²) < 4.78 is 0. The Labute approximate surface area is 96.3 Å². The highest BCUT2D eigenvalue weighted by Crippen LogP contribution is 2.16. The van der Waals surface area contributed by atoms with Gasteiger partial charge in [-0.2, -0.15) is 0 Å². The zero-order valence-corrected chi connectivity index (χ0v) is 10.4. The van der Waals surface area contributed by atoms with E-state index in [1.54, 1.807) is 0 Å². The van der Waals surface area contributed by atoms with Gasteiger partial charge in [0, 0.05) is 24.0 Å². The second kappa shape index (κ2) is 5.10. The average molecular weight is 224 g/mol. The Bertz CT molecular complexity index is 284. The molecule has 2 nitrogen and oxygen atoms in total. The van der Waals surface area contributed by atoms with Gasteiger partial charge in [-0.05, 0) is 37.4 Å². The molecule has 0 radical (unpaired) electrons. The van der Waals surface area contributed by atoms with Gasteiger partial charge in [-0.25, -0.2) is 0 Å². The fourth-order valence-electron chi connectivity index (χ4n) is 2.30. The zero-order chi connectivity index (χ0) is 10.7. The van der Waals surface area contributed by atoms with Crippen LogP contribution in [0, 0.1) is 5.92 Å². The fraction of sp³-hybridized carbons (Fsp3) is 0.667. The first kappa shape index (κ1) is 11.1. The van der Waals surface area contributed by atoms with Crippen LogP contribution in [-0.4, -0.2) is 31.1 Å². The number of nitrogens with one attached hydrogen (secondary N) is 1. The lowest BCUT2D eigenvalue weighted by molar-refractivity contribution is 0.174. The number of hydrogen-bond acceptors (Lipinski definition) is 3. The van der Waals surface area contributed by atoms with E-state index in [1.165, 1.54) is 24.4 Å². The van der Waals surface area contributed by atoms with E-state index in [-0.39, 0.29) is 0 Å². The number of piperidine rings is 1.